The number of allylic oxidation sites excluding steroid dienone is 4. The van der Waals surface area contributed by atoms with Gasteiger partial charge in [-0.15, -0.1) is 11.6 Å². The molecule has 0 saturated heterocycles. The van der Waals surface area contributed by atoms with Gasteiger partial charge in [0.2, 0.25) is 0 Å². The van der Waals surface area contributed by atoms with Gasteiger partial charge in [0, 0.05) is 5.88 Å². The third kappa shape index (κ3) is 1.38. The Morgan fingerprint density at radius 2 is 1.88 bits per heavy atom. The highest BCUT2D eigenvalue weighted by Gasteiger charge is 1.99. The van der Waals surface area contributed by atoms with Crippen LogP contribution >= 0.6 is 11.6 Å². The molecule has 0 aromatic heterocycles. The lowest BCUT2D eigenvalue weighted by Gasteiger charge is -1.97. The van der Waals surface area contributed by atoms with Crippen LogP contribution in [0.2, 0.25) is 0 Å². The fourth-order valence-corrected chi connectivity index (χ4v) is 1.05. The van der Waals surface area contributed by atoms with E-state index in [0.717, 1.165) is 12.3 Å². The van der Waals surface area contributed by atoms with Crippen molar-refractivity contribution in [2.75, 3.05) is 5.88 Å². The summed E-state index contributed by atoms with van der Waals surface area (Å²) in [6, 6.07) is 0. The second kappa shape index (κ2) is 2.93. The second-order valence-electron chi connectivity index (χ2n) is 1.91. The molecule has 1 rings (SSSR count). The highest BCUT2D eigenvalue weighted by molar-refractivity contribution is 6.17. The maximum absolute atomic E-state index is 5.51. The molecule has 0 aliphatic heterocycles. The Bertz CT molecular complexity index is 102. The Kier molecular flexibility index (Phi) is 2.16. The van der Waals surface area contributed by atoms with Gasteiger partial charge in [-0.25, -0.2) is 0 Å². The fourth-order valence-electron chi connectivity index (χ4n) is 0.796. The molecule has 0 bridgehead atoms. The summed E-state index contributed by atoms with van der Waals surface area (Å²) in [4.78, 5) is 0. The van der Waals surface area contributed by atoms with Crippen molar-refractivity contribution in [1.82, 2.24) is 0 Å². The molecule has 0 spiro atoms. The first kappa shape index (κ1) is 5.90. The molecule has 0 unspecified atom stereocenters. The number of hydrogen-bond acceptors (Lipinski definition) is 0. The predicted octanol–water partition coefficient (Wildman–Crippen LogP) is 2.36. The zero-order chi connectivity index (χ0) is 5.82. The molecule has 0 saturated carbocycles. The van der Waals surface area contributed by atoms with Gasteiger partial charge in [0.25, 0.3) is 0 Å². The summed E-state index contributed by atoms with van der Waals surface area (Å²) in [6.45, 7) is 0. The summed E-state index contributed by atoms with van der Waals surface area (Å²) in [5.74, 6) is 1.38. The standard InChI is InChI=1S/C7H9Cl/c8-6-5-7-3-1-2-4-7/h1-4,7H,5-6H2. The SMILES string of the molecule is ClCCC1C=CC=C1. The summed E-state index contributed by atoms with van der Waals surface area (Å²) in [5.41, 5.74) is 0. The van der Waals surface area contributed by atoms with Crippen LogP contribution in [-0.4, -0.2) is 5.88 Å². The van der Waals surface area contributed by atoms with E-state index in [1.54, 1.807) is 0 Å². The Hall–Kier alpha value is -0.230. The van der Waals surface area contributed by atoms with Gasteiger partial charge in [-0.1, -0.05) is 24.3 Å². The van der Waals surface area contributed by atoms with Crippen LogP contribution in [-0.2, 0) is 0 Å². The maximum atomic E-state index is 5.51. The minimum atomic E-state index is 0.618. The predicted molar refractivity (Wildman–Crippen MR) is 37.1 cm³/mol. The van der Waals surface area contributed by atoms with Crippen LogP contribution < -0.4 is 0 Å². The van der Waals surface area contributed by atoms with Crippen LogP contribution in [0.3, 0.4) is 0 Å². The minimum absolute atomic E-state index is 0.618. The van der Waals surface area contributed by atoms with Gasteiger partial charge in [0.15, 0.2) is 0 Å². The first-order chi connectivity index (χ1) is 3.93. The molecular formula is C7H9Cl. The number of halogens is 1. The fraction of sp³-hybridized carbons (Fsp3) is 0.429. The third-order valence-corrected chi connectivity index (χ3v) is 1.49. The van der Waals surface area contributed by atoms with Crippen molar-refractivity contribution in [3.8, 4) is 0 Å². The van der Waals surface area contributed by atoms with Crippen LogP contribution in [0.4, 0.5) is 0 Å². The van der Waals surface area contributed by atoms with Gasteiger partial charge in [0.05, 0.1) is 0 Å². The van der Waals surface area contributed by atoms with Crippen molar-refractivity contribution < 1.29 is 0 Å². The molecule has 44 valence electrons. The van der Waals surface area contributed by atoms with E-state index < -0.39 is 0 Å². The second-order valence-corrected chi connectivity index (χ2v) is 2.29. The topological polar surface area (TPSA) is 0 Å². The Labute approximate surface area is 54.8 Å². The first-order valence-corrected chi connectivity index (χ1v) is 3.38. The van der Waals surface area contributed by atoms with Crippen molar-refractivity contribution in [2.24, 2.45) is 5.92 Å². The van der Waals surface area contributed by atoms with Gasteiger partial charge in [0.1, 0.15) is 0 Å². The number of hydrogen-bond donors (Lipinski definition) is 0. The van der Waals surface area contributed by atoms with Gasteiger partial charge in [-0.05, 0) is 12.3 Å². The van der Waals surface area contributed by atoms with Crippen LogP contribution in [0.25, 0.3) is 0 Å². The lowest BCUT2D eigenvalue weighted by Crippen LogP contribution is -1.88. The van der Waals surface area contributed by atoms with E-state index in [9.17, 15) is 0 Å². The van der Waals surface area contributed by atoms with Crippen LogP contribution in [0, 0.1) is 5.92 Å². The van der Waals surface area contributed by atoms with E-state index in [4.69, 9.17) is 11.6 Å². The summed E-state index contributed by atoms with van der Waals surface area (Å²) in [7, 11) is 0. The average molecular weight is 129 g/mol. The Morgan fingerprint density at radius 3 is 2.38 bits per heavy atom. The summed E-state index contributed by atoms with van der Waals surface area (Å²) < 4.78 is 0. The van der Waals surface area contributed by atoms with Crippen molar-refractivity contribution in [1.29, 1.82) is 0 Å². The van der Waals surface area contributed by atoms with Crippen molar-refractivity contribution in [3.05, 3.63) is 24.3 Å². The molecule has 8 heavy (non-hydrogen) atoms. The molecule has 0 nitrogen and oxygen atoms in total. The molecule has 1 aliphatic rings. The molecule has 0 radical (unpaired) electrons. The average Bonchev–Trinajstić information content (AvgIpc) is 2.19. The third-order valence-electron chi connectivity index (χ3n) is 1.27. The maximum Gasteiger partial charge on any atom is 0.0232 e. The first-order valence-electron chi connectivity index (χ1n) is 2.84. The normalized spacial score (nSPS) is 18.1. The molecule has 0 fully saturated rings. The van der Waals surface area contributed by atoms with Gasteiger partial charge < -0.3 is 0 Å². The minimum Gasteiger partial charge on any atom is -0.127 e. The molecule has 1 aliphatic carbocycles. The molecule has 0 aromatic rings. The van der Waals surface area contributed by atoms with E-state index in [-0.39, 0.29) is 0 Å². The van der Waals surface area contributed by atoms with Crippen LogP contribution in [0.1, 0.15) is 6.42 Å². The number of rotatable bonds is 2. The highest BCUT2D eigenvalue weighted by Crippen LogP contribution is 2.12. The van der Waals surface area contributed by atoms with E-state index in [1.807, 2.05) is 0 Å². The molecule has 0 heterocycles. The van der Waals surface area contributed by atoms with E-state index in [0.29, 0.717) is 5.92 Å². The zero-order valence-electron chi connectivity index (χ0n) is 4.68. The Morgan fingerprint density at radius 1 is 1.25 bits per heavy atom. The summed E-state index contributed by atoms with van der Waals surface area (Å²) >= 11 is 5.51. The van der Waals surface area contributed by atoms with E-state index in [2.05, 4.69) is 24.3 Å². The lowest BCUT2D eigenvalue weighted by molar-refractivity contribution is 0.790. The van der Waals surface area contributed by atoms with Gasteiger partial charge >= 0.3 is 0 Å². The number of alkyl halides is 1. The largest absolute Gasteiger partial charge is 0.127 e. The lowest BCUT2D eigenvalue weighted by atomic mass is 10.1. The monoisotopic (exact) mass is 128 g/mol. The zero-order valence-corrected chi connectivity index (χ0v) is 5.43. The molecule has 0 amide bonds. The molecular weight excluding hydrogens is 120 g/mol. The van der Waals surface area contributed by atoms with E-state index >= 15 is 0 Å². The molecule has 0 atom stereocenters. The molecule has 0 aromatic carbocycles. The highest BCUT2D eigenvalue weighted by atomic mass is 35.5. The quantitative estimate of drug-likeness (QED) is 0.501. The smallest absolute Gasteiger partial charge is 0.0232 e. The van der Waals surface area contributed by atoms with Crippen LogP contribution in [0.5, 0.6) is 0 Å². The van der Waals surface area contributed by atoms with E-state index in [1.165, 1.54) is 0 Å². The Balaban J connectivity index is 2.27. The molecule has 0 N–H and O–H groups in total. The van der Waals surface area contributed by atoms with Gasteiger partial charge in [-0.3, -0.25) is 0 Å². The van der Waals surface area contributed by atoms with Crippen molar-refractivity contribution in [3.63, 3.8) is 0 Å². The summed E-state index contributed by atoms with van der Waals surface area (Å²) in [5, 5.41) is 0. The summed E-state index contributed by atoms with van der Waals surface area (Å²) in [6.07, 6.45) is 9.55. The van der Waals surface area contributed by atoms with Crippen molar-refractivity contribution >= 4 is 11.6 Å². The van der Waals surface area contributed by atoms with Crippen molar-refractivity contribution in [2.45, 2.75) is 6.42 Å². The van der Waals surface area contributed by atoms with Gasteiger partial charge in [-0.2, -0.15) is 0 Å². The van der Waals surface area contributed by atoms with Crippen LogP contribution in [0.15, 0.2) is 24.3 Å². The molecule has 1 heteroatoms.